The topological polar surface area (TPSA) is 67.8 Å². The van der Waals surface area contributed by atoms with E-state index >= 15 is 0 Å². The highest BCUT2D eigenvalue weighted by molar-refractivity contribution is 6.14. The van der Waals surface area contributed by atoms with Crippen molar-refractivity contribution in [3.63, 3.8) is 0 Å². The van der Waals surface area contributed by atoms with Crippen molar-refractivity contribution in [2.75, 3.05) is 7.11 Å². The second kappa shape index (κ2) is 6.04. The molecule has 5 nitrogen and oxygen atoms in total. The minimum Gasteiger partial charge on any atom is -0.497 e. The molecule has 2 aliphatic rings. The van der Waals surface area contributed by atoms with Crippen LogP contribution in [0.25, 0.3) is 0 Å². The van der Waals surface area contributed by atoms with Crippen LogP contribution >= 0.6 is 0 Å². The van der Waals surface area contributed by atoms with Crippen LogP contribution in [-0.4, -0.2) is 24.6 Å². The zero-order valence-corrected chi connectivity index (χ0v) is 12.9. The lowest BCUT2D eigenvalue weighted by Crippen LogP contribution is -2.32. The van der Waals surface area contributed by atoms with E-state index in [0.29, 0.717) is 17.0 Å². The number of aliphatic imine (C=N–C) groups is 1. The van der Waals surface area contributed by atoms with E-state index < -0.39 is 0 Å². The molecule has 1 unspecified atom stereocenters. The Kier molecular flexibility index (Phi) is 3.93. The fourth-order valence-corrected chi connectivity index (χ4v) is 2.57. The highest BCUT2D eigenvalue weighted by atomic mass is 16.5. The molecule has 0 saturated carbocycles. The molecule has 0 spiro atoms. The number of hydrogen-bond acceptors (Lipinski definition) is 3. The van der Waals surface area contributed by atoms with E-state index in [1.807, 2.05) is 13.0 Å². The molecule has 0 aromatic heterocycles. The minimum atomic E-state index is -0.336. The van der Waals surface area contributed by atoms with E-state index in [2.05, 4.69) is 10.3 Å². The van der Waals surface area contributed by atoms with Crippen molar-refractivity contribution in [1.82, 2.24) is 5.32 Å². The fourth-order valence-electron chi connectivity index (χ4n) is 2.57. The number of benzene rings is 1. The van der Waals surface area contributed by atoms with Crippen LogP contribution in [0.2, 0.25) is 0 Å². The van der Waals surface area contributed by atoms with Crippen molar-refractivity contribution in [2.45, 2.75) is 6.92 Å². The van der Waals surface area contributed by atoms with Crippen LogP contribution in [0, 0.1) is 5.92 Å². The minimum absolute atomic E-state index is 0.0442. The van der Waals surface area contributed by atoms with Crippen molar-refractivity contribution >= 4 is 17.5 Å². The molecular weight excluding hydrogens is 292 g/mol. The Morgan fingerprint density at radius 1 is 1.22 bits per heavy atom. The number of allylic oxidation sites excluding steroid dienone is 3. The average molecular weight is 308 g/mol. The second-order valence-electron chi connectivity index (χ2n) is 5.38. The van der Waals surface area contributed by atoms with Crippen LogP contribution in [0.5, 0.6) is 5.75 Å². The zero-order chi connectivity index (χ0) is 16.4. The molecule has 0 fully saturated rings. The number of carbonyl (C=O) groups is 2. The quantitative estimate of drug-likeness (QED) is 0.912. The maximum atomic E-state index is 12.2. The van der Waals surface area contributed by atoms with Crippen molar-refractivity contribution in [3.8, 4) is 5.75 Å². The van der Waals surface area contributed by atoms with Gasteiger partial charge in [0.05, 0.1) is 12.8 Å². The van der Waals surface area contributed by atoms with Gasteiger partial charge in [-0.3, -0.25) is 9.59 Å². The van der Waals surface area contributed by atoms with Gasteiger partial charge in [0, 0.05) is 23.3 Å². The first-order valence-electron chi connectivity index (χ1n) is 7.23. The molecule has 23 heavy (non-hydrogen) atoms. The number of rotatable bonds is 2. The third kappa shape index (κ3) is 3.13. The standard InChI is InChI=1S/C18H16N2O3/c1-11-9-17(21)20-16-10-13(5-8-15(11)16)19-18(22)12-3-6-14(23-2)7-4-12/h3-10,15H,1-2H3,(H,20,21). The summed E-state index contributed by atoms with van der Waals surface area (Å²) in [4.78, 5) is 27.9. The summed E-state index contributed by atoms with van der Waals surface area (Å²) in [5.41, 5.74) is 2.72. The molecule has 5 heteroatoms. The van der Waals surface area contributed by atoms with Gasteiger partial charge in [0.1, 0.15) is 5.75 Å². The predicted octanol–water partition coefficient (Wildman–Crippen LogP) is 2.42. The number of nitrogens with zero attached hydrogens (tertiary/aromatic N) is 1. The van der Waals surface area contributed by atoms with Gasteiger partial charge < -0.3 is 10.1 Å². The summed E-state index contributed by atoms with van der Waals surface area (Å²) in [5, 5.41) is 2.79. The van der Waals surface area contributed by atoms with Crippen LogP contribution < -0.4 is 10.1 Å². The third-order valence-electron chi connectivity index (χ3n) is 3.78. The molecule has 1 aromatic carbocycles. The Hall–Kier alpha value is -2.95. The summed E-state index contributed by atoms with van der Waals surface area (Å²) in [6, 6.07) is 6.77. The number of nitrogens with one attached hydrogen (secondary N) is 1. The van der Waals surface area contributed by atoms with Gasteiger partial charge in [-0.15, -0.1) is 0 Å². The molecular formula is C18H16N2O3. The number of methoxy groups -OCH3 is 1. The lowest BCUT2D eigenvalue weighted by molar-refractivity contribution is -0.116. The van der Waals surface area contributed by atoms with Gasteiger partial charge >= 0.3 is 0 Å². The molecule has 1 aliphatic heterocycles. The van der Waals surface area contributed by atoms with Gasteiger partial charge in [0.2, 0.25) is 5.91 Å². The molecule has 0 radical (unpaired) electrons. The van der Waals surface area contributed by atoms with Crippen LogP contribution in [0.4, 0.5) is 0 Å². The summed E-state index contributed by atoms with van der Waals surface area (Å²) in [6.45, 7) is 1.91. The first-order valence-corrected chi connectivity index (χ1v) is 7.23. The van der Waals surface area contributed by atoms with Crippen LogP contribution in [-0.2, 0) is 4.79 Å². The maximum absolute atomic E-state index is 12.2. The monoisotopic (exact) mass is 308 g/mol. The molecule has 1 N–H and O–H groups in total. The summed E-state index contributed by atoms with van der Waals surface area (Å²) >= 11 is 0. The van der Waals surface area contributed by atoms with Gasteiger partial charge in [-0.25, -0.2) is 4.99 Å². The van der Waals surface area contributed by atoms with Crippen LogP contribution in [0.3, 0.4) is 0 Å². The Labute approximate surface area is 134 Å². The second-order valence-corrected chi connectivity index (χ2v) is 5.38. The highest BCUT2D eigenvalue weighted by Crippen LogP contribution is 2.26. The predicted molar refractivity (Wildman–Crippen MR) is 87.4 cm³/mol. The van der Waals surface area contributed by atoms with E-state index in [4.69, 9.17) is 4.74 Å². The lowest BCUT2D eigenvalue weighted by Gasteiger charge is -2.25. The molecule has 3 rings (SSSR count). The molecule has 1 heterocycles. The number of amides is 2. The maximum Gasteiger partial charge on any atom is 0.277 e. The first kappa shape index (κ1) is 15.0. The molecule has 1 atom stereocenters. The zero-order valence-electron chi connectivity index (χ0n) is 12.9. The van der Waals surface area contributed by atoms with E-state index in [0.717, 1.165) is 11.3 Å². The van der Waals surface area contributed by atoms with Crippen molar-refractivity contribution in [2.24, 2.45) is 10.9 Å². The normalized spacial score (nSPS) is 21.2. The van der Waals surface area contributed by atoms with Gasteiger partial charge in [-0.1, -0.05) is 11.6 Å². The van der Waals surface area contributed by atoms with Crippen molar-refractivity contribution in [3.05, 3.63) is 65.4 Å². The Morgan fingerprint density at radius 2 is 1.96 bits per heavy atom. The smallest absolute Gasteiger partial charge is 0.277 e. The molecule has 1 aromatic rings. The number of carbonyl (C=O) groups excluding carboxylic acids is 2. The summed E-state index contributed by atoms with van der Waals surface area (Å²) < 4.78 is 5.06. The van der Waals surface area contributed by atoms with Crippen molar-refractivity contribution < 1.29 is 14.3 Å². The van der Waals surface area contributed by atoms with Gasteiger partial charge in [-0.05, 0) is 43.3 Å². The van der Waals surface area contributed by atoms with E-state index in [9.17, 15) is 9.59 Å². The van der Waals surface area contributed by atoms with Gasteiger partial charge in [-0.2, -0.15) is 0 Å². The van der Waals surface area contributed by atoms with Crippen molar-refractivity contribution in [1.29, 1.82) is 0 Å². The van der Waals surface area contributed by atoms with Gasteiger partial charge in [0.25, 0.3) is 5.91 Å². The highest BCUT2D eigenvalue weighted by Gasteiger charge is 2.23. The Morgan fingerprint density at radius 3 is 2.65 bits per heavy atom. The molecule has 0 bridgehead atoms. The number of hydrogen-bond donors (Lipinski definition) is 1. The third-order valence-corrected chi connectivity index (χ3v) is 3.78. The molecule has 1 aliphatic carbocycles. The number of fused-ring (bicyclic) bond motifs is 1. The summed E-state index contributed by atoms with van der Waals surface area (Å²) in [5.74, 6) is 0.241. The van der Waals surface area contributed by atoms with Crippen LogP contribution in [0.1, 0.15) is 17.3 Å². The largest absolute Gasteiger partial charge is 0.497 e. The Bertz CT molecular complexity index is 783. The molecule has 0 saturated heterocycles. The van der Waals surface area contributed by atoms with E-state index in [1.54, 1.807) is 49.6 Å². The van der Waals surface area contributed by atoms with E-state index in [1.165, 1.54) is 0 Å². The Balaban J connectivity index is 1.83. The molecule has 2 amide bonds. The lowest BCUT2D eigenvalue weighted by atomic mass is 9.89. The molecule has 116 valence electrons. The van der Waals surface area contributed by atoms with Crippen LogP contribution in [0.15, 0.2) is 64.8 Å². The first-order chi connectivity index (χ1) is 11.1. The average Bonchev–Trinajstić information content (AvgIpc) is 2.54. The number of ether oxygens (including phenoxy) is 1. The summed E-state index contributed by atoms with van der Waals surface area (Å²) in [6.07, 6.45) is 7.04. The van der Waals surface area contributed by atoms with Gasteiger partial charge in [0.15, 0.2) is 0 Å². The SMILES string of the molecule is COc1ccc(C(=O)N=C2C=CC3C(C)=CC(=O)NC3=C2)cc1. The van der Waals surface area contributed by atoms with E-state index in [-0.39, 0.29) is 17.7 Å². The fraction of sp³-hybridized carbons (Fsp3) is 0.167. The summed E-state index contributed by atoms with van der Waals surface area (Å²) in [7, 11) is 1.57.